The number of carbonyl (C=O) groups excluding carboxylic acids is 1. The van der Waals surface area contributed by atoms with E-state index in [0.717, 1.165) is 6.42 Å². The van der Waals surface area contributed by atoms with Crippen LogP contribution in [0.2, 0.25) is 0 Å². The predicted octanol–water partition coefficient (Wildman–Crippen LogP) is 0.0570. The molecule has 110 valence electrons. The number of hydrogen-bond donors (Lipinski definition) is 3. The lowest BCUT2D eigenvalue weighted by atomic mass is 10.1. The number of rotatable bonds is 6. The molecule has 0 radical (unpaired) electrons. The highest BCUT2D eigenvalue weighted by molar-refractivity contribution is 5.83. The third-order valence-electron chi connectivity index (χ3n) is 3.50. The Morgan fingerprint density at radius 1 is 1.37 bits per heavy atom. The van der Waals surface area contributed by atoms with Gasteiger partial charge in [-0.1, -0.05) is 13.8 Å². The molecule has 1 aliphatic rings. The Labute approximate surface area is 113 Å². The molecular formula is C13H24N2O4. The maximum absolute atomic E-state index is 12.0. The number of nitrogens with zero attached hydrogens (tertiary/aromatic N) is 1. The van der Waals surface area contributed by atoms with E-state index >= 15 is 0 Å². The summed E-state index contributed by atoms with van der Waals surface area (Å²) in [6, 6.07) is -1.31. The zero-order valence-electron chi connectivity index (χ0n) is 11.8. The number of β-amino-alcohol motifs (C(OH)–C–C–N with tert-alkyl or cyclic N) is 1. The number of amides is 1. The third kappa shape index (κ3) is 4.47. The van der Waals surface area contributed by atoms with Crippen molar-refractivity contribution in [1.29, 1.82) is 0 Å². The van der Waals surface area contributed by atoms with Crippen LogP contribution >= 0.6 is 0 Å². The van der Waals surface area contributed by atoms with E-state index in [9.17, 15) is 14.7 Å². The highest BCUT2D eigenvalue weighted by atomic mass is 16.4. The Morgan fingerprint density at radius 2 is 2.00 bits per heavy atom. The second-order valence-electron chi connectivity index (χ2n) is 5.59. The third-order valence-corrected chi connectivity index (χ3v) is 3.50. The number of likely N-dealkylation sites (tertiary alicyclic amines) is 1. The molecule has 0 aromatic rings. The number of aliphatic hydroxyl groups is 1. The molecule has 0 saturated carbocycles. The molecule has 1 fully saturated rings. The lowest BCUT2D eigenvalue weighted by molar-refractivity contribution is -0.143. The van der Waals surface area contributed by atoms with Crippen molar-refractivity contribution in [3.8, 4) is 0 Å². The quantitative estimate of drug-likeness (QED) is 0.636. The van der Waals surface area contributed by atoms with E-state index in [-0.39, 0.29) is 18.9 Å². The first-order valence-corrected chi connectivity index (χ1v) is 6.77. The zero-order chi connectivity index (χ0) is 14.6. The molecule has 0 aliphatic carbocycles. The Hall–Kier alpha value is -1.14. The first kappa shape index (κ1) is 15.9. The van der Waals surface area contributed by atoms with Crippen molar-refractivity contribution in [3.05, 3.63) is 0 Å². The van der Waals surface area contributed by atoms with Gasteiger partial charge in [0.1, 0.15) is 6.04 Å². The SMILES string of the molecule is CC(C)CCNC(=O)C(C)N1CC(O)CC1C(=O)O. The Morgan fingerprint density at radius 3 is 2.53 bits per heavy atom. The highest BCUT2D eigenvalue weighted by Gasteiger charge is 2.40. The minimum absolute atomic E-state index is 0.180. The van der Waals surface area contributed by atoms with Crippen LogP contribution in [-0.2, 0) is 9.59 Å². The van der Waals surface area contributed by atoms with Gasteiger partial charge < -0.3 is 15.5 Å². The van der Waals surface area contributed by atoms with E-state index in [1.807, 2.05) is 0 Å². The lowest BCUT2D eigenvalue weighted by Gasteiger charge is -2.27. The maximum atomic E-state index is 12.0. The summed E-state index contributed by atoms with van der Waals surface area (Å²) in [4.78, 5) is 24.6. The topological polar surface area (TPSA) is 89.9 Å². The van der Waals surface area contributed by atoms with Crippen LogP contribution in [0.1, 0.15) is 33.6 Å². The van der Waals surface area contributed by atoms with Gasteiger partial charge in [-0.25, -0.2) is 0 Å². The summed E-state index contributed by atoms with van der Waals surface area (Å²) >= 11 is 0. The van der Waals surface area contributed by atoms with Gasteiger partial charge in [0.25, 0.3) is 0 Å². The second-order valence-corrected chi connectivity index (χ2v) is 5.59. The number of nitrogens with one attached hydrogen (secondary N) is 1. The molecule has 1 heterocycles. The van der Waals surface area contributed by atoms with Gasteiger partial charge in [0, 0.05) is 19.5 Å². The Bertz CT molecular complexity index is 333. The molecule has 0 bridgehead atoms. The minimum atomic E-state index is -0.988. The van der Waals surface area contributed by atoms with Gasteiger partial charge in [0.05, 0.1) is 12.1 Å². The van der Waals surface area contributed by atoms with Crippen LogP contribution in [-0.4, -0.2) is 58.3 Å². The number of hydrogen-bond acceptors (Lipinski definition) is 4. The fourth-order valence-corrected chi connectivity index (χ4v) is 2.29. The number of carbonyl (C=O) groups is 2. The predicted molar refractivity (Wildman–Crippen MR) is 70.7 cm³/mol. The van der Waals surface area contributed by atoms with Gasteiger partial charge in [-0.3, -0.25) is 14.5 Å². The molecule has 1 amide bonds. The van der Waals surface area contributed by atoms with Crippen molar-refractivity contribution < 1.29 is 19.8 Å². The van der Waals surface area contributed by atoms with Crippen LogP contribution in [0.4, 0.5) is 0 Å². The minimum Gasteiger partial charge on any atom is -0.480 e. The van der Waals surface area contributed by atoms with E-state index < -0.39 is 24.2 Å². The smallest absolute Gasteiger partial charge is 0.321 e. The molecule has 1 saturated heterocycles. The second kappa shape index (κ2) is 6.86. The fraction of sp³-hybridized carbons (Fsp3) is 0.846. The molecule has 1 aliphatic heterocycles. The van der Waals surface area contributed by atoms with Gasteiger partial charge in [0.2, 0.25) is 5.91 Å². The number of carboxylic acids is 1. The Kier molecular flexibility index (Phi) is 5.75. The summed E-state index contributed by atoms with van der Waals surface area (Å²) in [6.45, 7) is 6.66. The first-order chi connectivity index (χ1) is 8.82. The molecule has 1 rings (SSSR count). The van der Waals surface area contributed by atoms with Gasteiger partial charge in [-0.15, -0.1) is 0 Å². The van der Waals surface area contributed by atoms with E-state index in [0.29, 0.717) is 12.5 Å². The molecule has 3 unspecified atom stereocenters. The van der Waals surface area contributed by atoms with Crippen LogP contribution in [0.15, 0.2) is 0 Å². The largest absolute Gasteiger partial charge is 0.480 e. The average molecular weight is 272 g/mol. The number of carboxylic acid groups (broad SMARTS) is 1. The van der Waals surface area contributed by atoms with E-state index in [2.05, 4.69) is 19.2 Å². The summed E-state index contributed by atoms with van der Waals surface area (Å²) in [5.74, 6) is -0.657. The summed E-state index contributed by atoms with van der Waals surface area (Å²) in [6.07, 6.45) is 0.398. The normalized spacial score (nSPS) is 25.5. The van der Waals surface area contributed by atoms with Crippen molar-refractivity contribution in [2.24, 2.45) is 5.92 Å². The van der Waals surface area contributed by atoms with Gasteiger partial charge in [-0.2, -0.15) is 0 Å². The summed E-state index contributed by atoms with van der Waals surface area (Å²) in [7, 11) is 0. The molecule has 0 aromatic carbocycles. The molecular weight excluding hydrogens is 248 g/mol. The fourth-order valence-electron chi connectivity index (χ4n) is 2.29. The van der Waals surface area contributed by atoms with Crippen molar-refractivity contribution in [3.63, 3.8) is 0 Å². The Balaban J connectivity index is 2.53. The zero-order valence-corrected chi connectivity index (χ0v) is 11.8. The molecule has 3 N–H and O–H groups in total. The van der Waals surface area contributed by atoms with Crippen molar-refractivity contribution >= 4 is 11.9 Å². The van der Waals surface area contributed by atoms with Crippen molar-refractivity contribution in [1.82, 2.24) is 10.2 Å². The summed E-state index contributed by atoms with van der Waals surface area (Å²) in [5.41, 5.74) is 0. The highest BCUT2D eigenvalue weighted by Crippen LogP contribution is 2.21. The average Bonchev–Trinajstić information content (AvgIpc) is 2.69. The van der Waals surface area contributed by atoms with Gasteiger partial charge in [0.15, 0.2) is 0 Å². The molecule has 6 nitrogen and oxygen atoms in total. The molecule has 0 spiro atoms. The van der Waals surface area contributed by atoms with E-state index in [1.165, 1.54) is 0 Å². The molecule has 6 heteroatoms. The molecule has 3 atom stereocenters. The van der Waals surface area contributed by atoms with Crippen molar-refractivity contribution in [2.75, 3.05) is 13.1 Å². The summed E-state index contributed by atoms with van der Waals surface area (Å²) in [5, 5.41) is 21.5. The standard InChI is InChI=1S/C13H24N2O4/c1-8(2)4-5-14-12(17)9(3)15-7-10(16)6-11(15)13(18)19/h8-11,16H,4-7H2,1-3H3,(H,14,17)(H,18,19). The first-order valence-electron chi connectivity index (χ1n) is 6.77. The van der Waals surface area contributed by atoms with Crippen LogP contribution in [0, 0.1) is 5.92 Å². The lowest BCUT2D eigenvalue weighted by Crippen LogP contribution is -2.49. The number of aliphatic hydroxyl groups excluding tert-OH is 1. The number of aliphatic carboxylic acids is 1. The van der Waals surface area contributed by atoms with Crippen LogP contribution < -0.4 is 5.32 Å². The molecule has 19 heavy (non-hydrogen) atoms. The van der Waals surface area contributed by atoms with Crippen molar-refractivity contribution in [2.45, 2.75) is 51.8 Å². The van der Waals surface area contributed by atoms with E-state index in [4.69, 9.17) is 5.11 Å². The maximum Gasteiger partial charge on any atom is 0.321 e. The van der Waals surface area contributed by atoms with Crippen LogP contribution in [0.5, 0.6) is 0 Å². The summed E-state index contributed by atoms with van der Waals surface area (Å²) < 4.78 is 0. The van der Waals surface area contributed by atoms with E-state index in [1.54, 1.807) is 11.8 Å². The monoisotopic (exact) mass is 272 g/mol. The van der Waals surface area contributed by atoms with Gasteiger partial charge in [-0.05, 0) is 19.3 Å². The van der Waals surface area contributed by atoms with Crippen LogP contribution in [0.25, 0.3) is 0 Å². The van der Waals surface area contributed by atoms with Gasteiger partial charge >= 0.3 is 5.97 Å². The molecule has 0 aromatic heterocycles. The van der Waals surface area contributed by atoms with Crippen LogP contribution in [0.3, 0.4) is 0 Å².